The molecular weight excluding hydrogens is 234 g/mol. The Kier molecular flexibility index (Phi) is 3.81. The van der Waals surface area contributed by atoms with Gasteiger partial charge >= 0.3 is 0 Å². The van der Waals surface area contributed by atoms with Gasteiger partial charge in [0.25, 0.3) is 0 Å². The molecular formula is C12H15N3OS. The molecule has 2 rings (SSSR count). The molecule has 5 heteroatoms. The molecule has 0 fully saturated rings. The minimum Gasteiger partial charge on any atom is -0.468 e. The lowest BCUT2D eigenvalue weighted by Gasteiger charge is -2.04. The summed E-state index contributed by atoms with van der Waals surface area (Å²) in [6.45, 7) is 3.89. The maximum absolute atomic E-state index is 5.72. The van der Waals surface area contributed by atoms with E-state index in [-0.39, 0.29) is 6.04 Å². The van der Waals surface area contributed by atoms with Crippen molar-refractivity contribution in [3.8, 4) is 0 Å². The van der Waals surface area contributed by atoms with Gasteiger partial charge in [-0.3, -0.25) is 0 Å². The summed E-state index contributed by atoms with van der Waals surface area (Å²) in [6, 6.07) is 2.05. The molecule has 1 unspecified atom stereocenters. The molecule has 17 heavy (non-hydrogen) atoms. The summed E-state index contributed by atoms with van der Waals surface area (Å²) in [5.74, 6) is 0.887. The molecule has 0 saturated heterocycles. The molecule has 90 valence electrons. The van der Waals surface area contributed by atoms with Gasteiger partial charge in [0.1, 0.15) is 5.76 Å². The second-order valence-corrected chi connectivity index (χ2v) is 5.01. The van der Waals surface area contributed by atoms with Crippen molar-refractivity contribution in [2.24, 2.45) is 5.73 Å². The smallest absolute Gasteiger partial charge is 0.192 e. The van der Waals surface area contributed by atoms with Crippen molar-refractivity contribution in [1.82, 2.24) is 9.97 Å². The van der Waals surface area contributed by atoms with E-state index in [1.165, 1.54) is 11.8 Å². The zero-order chi connectivity index (χ0) is 12.3. The van der Waals surface area contributed by atoms with Crippen LogP contribution in [0.1, 0.15) is 18.2 Å². The van der Waals surface area contributed by atoms with Crippen LogP contribution in [-0.2, 0) is 6.42 Å². The van der Waals surface area contributed by atoms with Gasteiger partial charge in [-0.25, -0.2) is 9.97 Å². The predicted molar refractivity (Wildman–Crippen MR) is 67.0 cm³/mol. The molecule has 0 bridgehead atoms. The minimum atomic E-state index is 0.133. The van der Waals surface area contributed by atoms with E-state index in [2.05, 4.69) is 9.97 Å². The first-order valence-corrected chi connectivity index (χ1v) is 6.25. The van der Waals surface area contributed by atoms with E-state index in [9.17, 15) is 0 Å². The molecule has 2 aromatic rings. The summed E-state index contributed by atoms with van der Waals surface area (Å²) >= 11 is 1.50. The van der Waals surface area contributed by atoms with E-state index in [0.29, 0.717) is 0 Å². The standard InChI is InChI=1S/C12H15N3OS/c1-8(13)5-10-6-14-12(15-7-10)17-11-3-4-16-9(11)2/h3-4,6-8H,5,13H2,1-2H3. The predicted octanol–water partition coefficient (Wildman–Crippen LogP) is 2.42. The number of nitrogens with zero attached hydrogens (tertiary/aromatic N) is 2. The molecule has 2 aromatic heterocycles. The molecule has 2 heterocycles. The van der Waals surface area contributed by atoms with Crippen molar-refractivity contribution in [2.45, 2.75) is 36.4 Å². The van der Waals surface area contributed by atoms with Gasteiger partial charge in [0.15, 0.2) is 5.16 Å². The van der Waals surface area contributed by atoms with Crippen LogP contribution in [-0.4, -0.2) is 16.0 Å². The lowest BCUT2D eigenvalue weighted by molar-refractivity contribution is 0.527. The maximum atomic E-state index is 5.72. The van der Waals surface area contributed by atoms with Crippen molar-refractivity contribution in [1.29, 1.82) is 0 Å². The van der Waals surface area contributed by atoms with Crippen LogP contribution in [0.5, 0.6) is 0 Å². The molecule has 2 N–H and O–H groups in total. The fourth-order valence-electron chi connectivity index (χ4n) is 1.45. The normalized spacial score (nSPS) is 12.6. The van der Waals surface area contributed by atoms with Crippen LogP contribution in [0.2, 0.25) is 0 Å². The molecule has 0 aliphatic heterocycles. The van der Waals surface area contributed by atoms with Crippen molar-refractivity contribution in [2.75, 3.05) is 0 Å². The highest BCUT2D eigenvalue weighted by atomic mass is 32.2. The van der Waals surface area contributed by atoms with Crippen LogP contribution in [0.25, 0.3) is 0 Å². The first-order valence-electron chi connectivity index (χ1n) is 5.43. The Bertz CT molecular complexity index is 479. The number of hydrogen-bond acceptors (Lipinski definition) is 5. The topological polar surface area (TPSA) is 64.9 Å². The molecule has 0 spiro atoms. The van der Waals surface area contributed by atoms with Crippen LogP contribution in [0, 0.1) is 6.92 Å². The summed E-state index contributed by atoms with van der Waals surface area (Å²) in [6.07, 6.45) is 6.13. The highest BCUT2D eigenvalue weighted by Gasteiger charge is 2.06. The van der Waals surface area contributed by atoms with Gasteiger partial charge in [-0.1, -0.05) is 0 Å². The lowest BCUT2D eigenvalue weighted by Crippen LogP contribution is -2.17. The first kappa shape index (κ1) is 12.1. The van der Waals surface area contributed by atoms with Crippen molar-refractivity contribution >= 4 is 11.8 Å². The van der Waals surface area contributed by atoms with Crippen LogP contribution >= 0.6 is 11.8 Å². The highest BCUT2D eigenvalue weighted by molar-refractivity contribution is 7.99. The van der Waals surface area contributed by atoms with Gasteiger partial charge in [-0.15, -0.1) is 0 Å². The second kappa shape index (κ2) is 5.33. The lowest BCUT2D eigenvalue weighted by atomic mass is 10.1. The summed E-state index contributed by atoms with van der Waals surface area (Å²) < 4.78 is 5.22. The van der Waals surface area contributed by atoms with Gasteiger partial charge < -0.3 is 10.2 Å². The summed E-state index contributed by atoms with van der Waals surface area (Å²) in [5.41, 5.74) is 6.78. The van der Waals surface area contributed by atoms with Gasteiger partial charge in [0.05, 0.1) is 11.2 Å². The van der Waals surface area contributed by atoms with E-state index >= 15 is 0 Å². The number of rotatable bonds is 4. The Hall–Kier alpha value is -1.33. The third kappa shape index (κ3) is 3.31. The molecule has 0 amide bonds. The fourth-order valence-corrected chi connectivity index (χ4v) is 2.17. The molecule has 0 aliphatic rings. The minimum absolute atomic E-state index is 0.133. The number of aryl methyl sites for hydroxylation is 1. The summed E-state index contributed by atoms with van der Waals surface area (Å²) in [4.78, 5) is 9.65. The zero-order valence-electron chi connectivity index (χ0n) is 9.88. The van der Waals surface area contributed by atoms with E-state index in [4.69, 9.17) is 10.2 Å². The Balaban J connectivity index is 2.06. The second-order valence-electron chi connectivity index (χ2n) is 4.00. The molecule has 0 aliphatic carbocycles. The Morgan fingerprint density at radius 1 is 1.41 bits per heavy atom. The van der Waals surface area contributed by atoms with E-state index in [1.54, 1.807) is 6.26 Å². The molecule has 0 saturated carbocycles. The third-order valence-corrected chi connectivity index (χ3v) is 3.29. The zero-order valence-corrected chi connectivity index (χ0v) is 10.7. The molecule has 0 aromatic carbocycles. The van der Waals surface area contributed by atoms with E-state index < -0.39 is 0 Å². The Morgan fingerprint density at radius 3 is 2.65 bits per heavy atom. The Morgan fingerprint density at radius 2 is 2.12 bits per heavy atom. The SMILES string of the molecule is Cc1occc1Sc1ncc(CC(C)N)cn1. The Labute approximate surface area is 105 Å². The number of furan rings is 1. The van der Waals surface area contributed by atoms with Gasteiger partial charge in [0.2, 0.25) is 0 Å². The maximum Gasteiger partial charge on any atom is 0.192 e. The van der Waals surface area contributed by atoms with Gasteiger partial charge in [-0.2, -0.15) is 0 Å². The van der Waals surface area contributed by atoms with Crippen LogP contribution < -0.4 is 5.73 Å². The average molecular weight is 249 g/mol. The molecule has 4 nitrogen and oxygen atoms in total. The largest absolute Gasteiger partial charge is 0.468 e. The van der Waals surface area contributed by atoms with Crippen LogP contribution in [0.3, 0.4) is 0 Å². The first-order chi connectivity index (χ1) is 8.15. The monoisotopic (exact) mass is 249 g/mol. The highest BCUT2D eigenvalue weighted by Crippen LogP contribution is 2.27. The number of aromatic nitrogens is 2. The fraction of sp³-hybridized carbons (Fsp3) is 0.333. The summed E-state index contributed by atoms with van der Waals surface area (Å²) in [7, 11) is 0. The molecule has 1 atom stereocenters. The van der Waals surface area contributed by atoms with Crippen LogP contribution in [0.15, 0.2) is 39.2 Å². The average Bonchev–Trinajstić information content (AvgIpc) is 2.67. The van der Waals surface area contributed by atoms with Gasteiger partial charge in [0, 0.05) is 18.4 Å². The van der Waals surface area contributed by atoms with E-state index in [0.717, 1.165) is 27.8 Å². The third-order valence-electron chi connectivity index (χ3n) is 2.25. The molecule has 0 radical (unpaired) electrons. The van der Waals surface area contributed by atoms with Gasteiger partial charge in [-0.05, 0) is 43.7 Å². The van der Waals surface area contributed by atoms with Crippen molar-refractivity contribution in [3.05, 3.63) is 36.0 Å². The number of hydrogen-bond donors (Lipinski definition) is 1. The van der Waals surface area contributed by atoms with E-state index in [1.807, 2.05) is 32.3 Å². The van der Waals surface area contributed by atoms with Crippen molar-refractivity contribution < 1.29 is 4.42 Å². The number of nitrogens with two attached hydrogens (primary N) is 1. The quantitative estimate of drug-likeness (QED) is 0.843. The van der Waals surface area contributed by atoms with Crippen molar-refractivity contribution in [3.63, 3.8) is 0 Å². The van der Waals surface area contributed by atoms with Crippen LogP contribution in [0.4, 0.5) is 0 Å². The summed E-state index contributed by atoms with van der Waals surface area (Å²) in [5, 5.41) is 0.725.